The molecule has 168 valence electrons. The Morgan fingerprint density at radius 3 is 2.88 bits per heavy atom. The minimum absolute atomic E-state index is 0.0445. The predicted octanol–water partition coefficient (Wildman–Crippen LogP) is 3.59. The van der Waals surface area contributed by atoms with E-state index in [-0.39, 0.29) is 12.1 Å². The Morgan fingerprint density at radius 1 is 1.12 bits per heavy atom. The molecule has 3 heterocycles. The number of para-hydroxylation sites is 1. The number of fused-ring (bicyclic) bond motifs is 3. The minimum atomic E-state index is -0.0445. The standard InChI is InChI=1S/C25H28N2O5/c1-28-23-5-3-4-21(25(23)29-2)17-6-7-20-18(12-17)8-9-27-16-26-24(13-22(20)27)32-15-19-14-30-10-11-31-19/h3-7,12-13,16,19,22H,8-11,14-15H2,1-2H3. The van der Waals surface area contributed by atoms with Crippen LogP contribution in [-0.4, -0.2) is 64.5 Å². The second-order valence-corrected chi connectivity index (χ2v) is 8.02. The number of nitrogens with zero attached hydrogens (tertiary/aromatic N) is 2. The van der Waals surface area contributed by atoms with Crippen LogP contribution in [0.15, 0.2) is 53.3 Å². The quantitative estimate of drug-likeness (QED) is 0.690. The summed E-state index contributed by atoms with van der Waals surface area (Å²) in [6, 6.07) is 12.7. The Hall–Kier alpha value is -3.03. The van der Waals surface area contributed by atoms with E-state index < -0.39 is 0 Å². The monoisotopic (exact) mass is 436 g/mol. The number of aliphatic imine (C=N–C) groups is 1. The Balaban J connectivity index is 1.38. The van der Waals surface area contributed by atoms with E-state index >= 15 is 0 Å². The first-order chi connectivity index (χ1) is 15.8. The molecule has 1 fully saturated rings. The molecule has 1 saturated heterocycles. The first-order valence-electron chi connectivity index (χ1n) is 10.9. The Kier molecular flexibility index (Phi) is 6.01. The predicted molar refractivity (Wildman–Crippen MR) is 121 cm³/mol. The summed E-state index contributed by atoms with van der Waals surface area (Å²) in [7, 11) is 3.34. The number of ether oxygens (including phenoxy) is 5. The number of benzene rings is 2. The van der Waals surface area contributed by atoms with Crippen LogP contribution in [-0.2, 0) is 20.6 Å². The maximum atomic E-state index is 5.94. The third kappa shape index (κ3) is 4.06. The molecule has 0 saturated carbocycles. The molecular weight excluding hydrogens is 408 g/mol. The van der Waals surface area contributed by atoms with Crippen molar-refractivity contribution in [2.45, 2.75) is 18.6 Å². The summed E-state index contributed by atoms with van der Waals surface area (Å²) in [4.78, 5) is 6.74. The molecule has 3 aliphatic heterocycles. The van der Waals surface area contributed by atoms with Gasteiger partial charge < -0.3 is 28.6 Å². The molecule has 0 N–H and O–H groups in total. The SMILES string of the molecule is COc1cccc(-c2ccc3c(c2)CCN2C=NC(OCC4COCCO4)=CC32)c1OC. The van der Waals surface area contributed by atoms with E-state index in [1.54, 1.807) is 14.2 Å². The minimum Gasteiger partial charge on any atom is -0.493 e. The van der Waals surface area contributed by atoms with E-state index in [9.17, 15) is 0 Å². The van der Waals surface area contributed by atoms with Crippen molar-refractivity contribution in [3.8, 4) is 22.6 Å². The number of hydrogen-bond donors (Lipinski definition) is 0. The third-order valence-electron chi connectivity index (χ3n) is 6.11. The molecule has 7 nitrogen and oxygen atoms in total. The number of methoxy groups -OCH3 is 2. The van der Waals surface area contributed by atoms with Crippen molar-refractivity contribution in [1.29, 1.82) is 0 Å². The molecule has 0 spiro atoms. The van der Waals surface area contributed by atoms with Crippen LogP contribution in [0.3, 0.4) is 0 Å². The molecule has 2 aromatic rings. The molecule has 3 aliphatic rings. The lowest BCUT2D eigenvalue weighted by molar-refractivity contribution is -0.108. The highest BCUT2D eigenvalue weighted by molar-refractivity contribution is 5.75. The van der Waals surface area contributed by atoms with Crippen molar-refractivity contribution in [1.82, 2.24) is 4.90 Å². The van der Waals surface area contributed by atoms with Gasteiger partial charge >= 0.3 is 0 Å². The first-order valence-corrected chi connectivity index (χ1v) is 10.9. The lowest BCUT2D eigenvalue weighted by Crippen LogP contribution is -2.36. The van der Waals surface area contributed by atoms with Crippen LogP contribution in [0.25, 0.3) is 11.1 Å². The van der Waals surface area contributed by atoms with Gasteiger partial charge in [-0.1, -0.05) is 30.3 Å². The van der Waals surface area contributed by atoms with Gasteiger partial charge in [-0.3, -0.25) is 0 Å². The molecule has 0 aromatic heterocycles. The van der Waals surface area contributed by atoms with E-state index in [4.69, 9.17) is 23.7 Å². The number of hydrogen-bond acceptors (Lipinski definition) is 7. The molecular formula is C25H28N2O5. The van der Waals surface area contributed by atoms with Gasteiger partial charge in [0.25, 0.3) is 0 Å². The van der Waals surface area contributed by atoms with E-state index in [0.717, 1.165) is 35.6 Å². The van der Waals surface area contributed by atoms with Crippen molar-refractivity contribution in [2.75, 3.05) is 47.2 Å². The fourth-order valence-corrected chi connectivity index (χ4v) is 4.48. The fourth-order valence-electron chi connectivity index (χ4n) is 4.48. The summed E-state index contributed by atoms with van der Waals surface area (Å²) in [6.45, 7) is 3.17. The van der Waals surface area contributed by atoms with Crippen LogP contribution >= 0.6 is 0 Å². The third-order valence-corrected chi connectivity index (χ3v) is 6.11. The van der Waals surface area contributed by atoms with Crippen LogP contribution in [0.1, 0.15) is 17.2 Å². The molecule has 32 heavy (non-hydrogen) atoms. The van der Waals surface area contributed by atoms with Crippen LogP contribution in [0.4, 0.5) is 0 Å². The van der Waals surface area contributed by atoms with Gasteiger partial charge in [0.05, 0.1) is 46.4 Å². The molecule has 5 rings (SSSR count). The van der Waals surface area contributed by atoms with Gasteiger partial charge in [0.15, 0.2) is 11.5 Å². The topological polar surface area (TPSA) is 61.8 Å². The molecule has 2 unspecified atom stereocenters. The van der Waals surface area contributed by atoms with Crippen molar-refractivity contribution < 1.29 is 23.7 Å². The summed E-state index contributed by atoms with van der Waals surface area (Å²) in [5, 5.41) is 0. The second kappa shape index (κ2) is 9.22. The van der Waals surface area contributed by atoms with Gasteiger partial charge in [0.2, 0.25) is 5.88 Å². The lowest BCUT2D eigenvalue weighted by atomic mass is 9.89. The summed E-state index contributed by atoms with van der Waals surface area (Å²) in [5.74, 6) is 2.11. The highest BCUT2D eigenvalue weighted by Crippen LogP contribution is 2.40. The van der Waals surface area contributed by atoms with Gasteiger partial charge in [-0.05, 0) is 29.2 Å². The molecule has 0 aliphatic carbocycles. The normalized spacial score (nSPS) is 21.9. The van der Waals surface area contributed by atoms with Crippen molar-refractivity contribution in [3.63, 3.8) is 0 Å². The fraction of sp³-hybridized carbons (Fsp3) is 0.400. The van der Waals surface area contributed by atoms with E-state index in [1.807, 2.05) is 18.5 Å². The highest BCUT2D eigenvalue weighted by Gasteiger charge is 2.28. The van der Waals surface area contributed by atoms with Gasteiger partial charge in [-0.25, -0.2) is 4.99 Å². The van der Waals surface area contributed by atoms with Crippen LogP contribution < -0.4 is 9.47 Å². The maximum Gasteiger partial charge on any atom is 0.212 e. The lowest BCUT2D eigenvalue weighted by Gasteiger charge is -2.36. The second-order valence-electron chi connectivity index (χ2n) is 8.02. The van der Waals surface area contributed by atoms with E-state index in [2.05, 4.69) is 40.2 Å². The molecule has 0 bridgehead atoms. The molecule has 2 aromatic carbocycles. The summed E-state index contributed by atoms with van der Waals surface area (Å²) >= 11 is 0. The van der Waals surface area contributed by atoms with Crippen molar-refractivity contribution in [2.24, 2.45) is 4.99 Å². The summed E-state index contributed by atoms with van der Waals surface area (Å²) in [6.07, 6.45) is 4.89. The highest BCUT2D eigenvalue weighted by atomic mass is 16.6. The van der Waals surface area contributed by atoms with Crippen molar-refractivity contribution in [3.05, 3.63) is 59.5 Å². The van der Waals surface area contributed by atoms with Gasteiger partial charge in [0.1, 0.15) is 12.7 Å². The van der Waals surface area contributed by atoms with Crippen molar-refractivity contribution >= 4 is 6.34 Å². The Bertz CT molecular complexity index is 1030. The largest absolute Gasteiger partial charge is 0.493 e. The van der Waals surface area contributed by atoms with Gasteiger partial charge in [-0.2, -0.15) is 0 Å². The Labute approximate surface area is 188 Å². The molecule has 0 amide bonds. The zero-order valence-corrected chi connectivity index (χ0v) is 18.5. The average molecular weight is 437 g/mol. The van der Waals surface area contributed by atoms with E-state index in [0.29, 0.717) is 32.3 Å². The van der Waals surface area contributed by atoms with E-state index in [1.165, 1.54) is 11.1 Å². The number of rotatable bonds is 6. The van der Waals surface area contributed by atoms with Crippen LogP contribution in [0, 0.1) is 0 Å². The smallest absolute Gasteiger partial charge is 0.212 e. The first kappa shape index (κ1) is 20.8. The molecule has 0 radical (unpaired) electrons. The summed E-state index contributed by atoms with van der Waals surface area (Å²) < 4.78 is 28.2. The van der Waals surface area contributed by atoms with Gasteiger partial charge in [0, 0.05) is 18.2 Å². The van der Waals surface area contributed by atoms with Crippen LogP contribution in [0.2, 0.25) is 0 Å². The van der Waals surface area contributed by atoms with Gasteiger partial charge in [-0.15, -0.1) is 0 Å². The molecule has 7 heteroatoms. The molecule has 2 atom stereocenters. The maximum absolute atomic E-state index is 5.94. The van der Waals surface area contributed by atoms with Crippen LogP contribution in [0.5, 0.6) is 11.5 Å². The zero-order chi connectivity index (χ0) is 21.9. The zero-order valence-electron chi connectivity index (χ0n) is 18.5. The summed E-state index contributed by atoms with van der Waals surface area (Å²) in [5.41, 5.74) is 4.73. The Morgan fingerprint density at radius 2 is 2.06 bits per heavy atom. The average Bonchev–Trinajstić information content (AvgIpc) is 2.87.